The zero-order chi connectivity index (χ0) is 28.7. The van der Waals surface area contributed by atoms with Crippen LogP contribution in [0, 0.1) is 12.8 Å². The van der Waals surface area contributed by atoms with Gasteiger partial charge in [0, 0.05) is 42.1 Å². The molecule has 1 aromatic heterocycles. The highest BCUT2D eigenvalue weighted by Crippen LogP contribution is 2.51. The molecule has 1 saturated carbocycles. The fraction of sp³-hybridized carbons (Fsp3) is 0.312. The molecule has 7 nitrogen and oxygen atoms in total. The number of carbonyl (C=O) groups is 1. The summed E-state index contributed by atoms with van der Waals surface area (Å²) in [5, 5.41) is 0.681. The second-order valence-electron chi connectivity index (χ2n) is 11.1. The van der Waals surface area contributed by atoms with E-state index in [1.807, 2.05) is 73.3 Å². The number of halogens is 1. The predicted octanol–water partition coefficient (Wildman–Crippen LogP) is 6.07. The number of nitrogens with one attached hydrogen (secondary N) is 1. The van der Waals surface area contributed by atoms with Gasteiger partial charge in [-0.15, -0.1) is 0 Å². The molecular formula is C32H33ClN4O3S. The SMILES string of the molecule is Cc1cccc(S(=O)(=O)N[C@@H]2CCCc3ccc(N(Cc4nccn4C)C(=O)[C@H]4C[C@@H]4c4ccccc4Cl)cc32)c1. The minimum absolute atomic E-state index is 0.0190. The zero-order valence-electron chi connectivity index (χ0n) is 23.1. The lowest BCUT2D eigenvalue weighted by molar-refractivity contribution is -0.120. The van der Waals surface area contributed by atoms with E-state index in [1.54, 1.807) is 29.3 Å². The number of hydrogen-bond acceptors (Lipinski definition) is 4. The number of nitrogens with zero attached hydrogens (tertiary/aromatic N) is 3. The fourth-order valence-corrected chi connectivity index (χ4v) is 7.52. The molecule has 1 amide bonds. The minimum Gasteiger partial charge on any atom is -0.337 e. The van der Waals surface area contributed by atoms with E-state index in [9.17, 15) is 13.2 Å². The van der Waals surface area contributed by atoms with Crippen LogP contribution in [0.3, 0.4) is 0 Å². The molecule has 0 spiro atoms. The van der Waals surface area contributed by atoms with Gasteiger partial charge in [0.05, 0.1) is 11.4 Å². The molecule has 2 aliphatic rings. The Kier molecular flexibility index (Phi) is 7.49. The van der Waals surface area contributed by atoms with Crippen molar-refractivity contribution in [3.05, 3.63) is 112 Å². The Hall–Kier alpha value is -3.46. The molecule has 0 aliphatic heterocycles. The monoisotopic (exact) mass is 588 g/mol. The highest BCUT2D eigenvalue weighted by molar-refractivity contribution is 7.89. The van der Waals surface area contributed by atoms with Crippen LogP contribution in [0.4, 0.5) is 5.69 Å². The van der Waals surface area contributed by atoms with Gasteiger partial charge in [-0.1, -0.05) is 48.0 Å². The summed E-state index contributed by atoms with van der Waals surface area (Å²) in [6, 6.07) is 20.3. The summed E-state index contributed by atoms with van der Waals surface area (Å²) < 4.78 is 31.5. The molecule has 0 unspecified atom stereocenters. The number of rotatable bonds is 8. The Morgan fingerprint density at radius 2 is 1.93 bits per heavy atom. The molecule has 1 heterocycles. The number of hydrogen-bond donors (Lipinski definition) is 1. The van der Waals surface area contributed by atoms with Gasteiger partial charge in [-0.3, -0.25) is 4.79 Å². The topological polar surface area (TPSA) is 84.3 Å². The maximum Gasteiger partial charge on any atom is 0.241 e. The predicted molar refractivity (Wildman–Crippen MR) is 160 cm³/mol. The summed E-state index contributed by atoms with van der Waals surface area (Å²) in [5.41, 5.74) is 4.64. The van der Waals surface area contributed by atoms with Crippen molar-refractivity contribution >= 4 is 33.2 Å². The third-order valence-electron chi connectivity index (χ3n) is 8.25. The zero-order valence-corrected chi connectivity index (χ0v) is 24.7. The third-order valence-corrected chi connectivity index (χ3v) is 10.1. The lowest BCUT2D eigenvalue weighted by Gasteiger charge is -2.29. The number of fused-ring (bicyclic) bond motifs is 1. The van der Waals surface area contributed by atoms with Crippen LogP contribution in [0.2, 0.25) is 5.02 Å². The molecule has 1 fully saturated rings. The van der Waals surface area contributed by atoms with Gasteiger partial charge < -0.3 is 9.47 Å². The molecule has 3 aromatic carbocycles. The maximum absolute atomic E-state index is 14.1. The van der Waals surface area contributed by atoms with E-state index in [0.29, 0.717) is 18.0 Å². The van der Waals surface area contributed by atoms with Crippen molar-refractivity contribution < 1.29 is 13.2 Å². The van der Waals surface area contributed by atoms with Crippen molar-refractivity contribution in [2.24, 2.45) is 13.0 Å². The summed E-state index contributed by atoms with van der Waals surface area (Å²) in [4.78, 5) is 20.6. The molecule has 41 heavy (non-hydrogen) atoms. The second kappa shape index (κ2) is 11.1. The number of amides is 1. The molecule has 9 heteroatoms. The summed E-state index contributed by atoms with van der Waals surface area (Å²) in [6.45, 7) is 2.19. The lowest BCUT2D eigenvalue weighted by atomic mass is 9.87. The largest absolute Gasteiger partial charge is 0.337 e. The lowest BCUT2D eigenvalue weighted by Crippen LogP contribution is -2.34. The molecule has 0 bridgehead atoms. The maximum atomic E-state index is 14.1. The second-order valence-corrected chi connectivity index (χ2v) is 13.2. The Labute approximate surface area is 246 Å². The summed E-state index contributed by atoms with van der Waals surface area (Å²) >= 11 is 6.47. The number of benzene rings is 3. The number of imidazole rings is 1. The smallest absolute Gasteiger partial charge is 0.241 e. The van der Waals surface area contributed by atoms with Crippen molar-refractivity contribution in [1.29, 1.82) is 0 Å². The van der Waals surface area contributed by atoms with Crippen LogP contribution in [-0.4, -0.2) is 23.9 Å². The van der Waals surface area contributed by atoms with Gasteiger partial charge >= 0.3 is 0 Å². The van der Waals surface area contributed by atoms with Gasteiger partial charge in [0.15, 0.2) is 0 Å². The summed E-state index contributed by atoms with van der Waals surface area (Å²) in [6.07, 6.45) is 6.76. The van der Waals surface area contributed by atoms with Gasteiger partial charge in [-0.2, -0.15) is 0 Å². The molecule has 212 valence electrons. The van der Waals surface area contributed by atoms with E-state index in [2.05, 4.69) is 9.71 Å². The third kappa shape index (κ3) is 5.69. The highest BCUT2D eigenvalue weighted by Gasteiger charge is 2.47. The van der Waals surface area contributed by atoms with Crippen LogP contribution in [-0.2, 0) is 34.8 Å². The molecule has 1 N–H and O–H groups in total. The number of anilines is 1. The van der Waals surface area contributed by atoms with Crippen LogP contribution in [0.1, 0.15) is 59.3 Å². The first kappa shape index (κ1) is 27.7. The molecular weight excluding hydrogens is 556 g/mol. The normalized spacial score (nSPS) is 19.9. The number of aromatic nitrogens is 2. The van der Waals surface area contributed by atoms with Gasteiger partial charge in [-0.05, 0) is 91.1 Å². The van der Waals surface area contributed by atoms with Crippen molar-refractivity contribution in [2.45, 2.75) is 56.0 Å². The Bertz CT molecular complexity index is 1720. The first-order chi connectivity index (χ1) is 19.7. The summed E-state index contributed by atoms with van der Waals surface area (Å²) in [7, 11) is -1.81. The van der Waals surface area contributed by atoms with Gasteiger partial charge in [0.25, 0.3) is 0 Å². The van der Waals surface area contributed by atoms with Gasteiger partial charge in [0.2, 0.25) is 15.9 Å². The van der Waals surface area contributed by atoms with E-state index >= 15 is 0 Å². The first-order valence-corrected chi connectivity index (χ1v) is 15.8. The average Bonchev–Trinajstić information content (AvgIpc) is 3.65. The van der Waals surface area contributed by atoms with E-state index in [4.69, 9.17) is 11.6 Å². The molecule has 0 radical (unpaired) electrons. The Morgan fingerprint density at radius 3 is 2.68 bits per heavy atom. The van der Waals surface area contributed by atoms with Crippen molar-refractivity contribution in [3.8, 4) is 0 Å². The van der Waals surface area contributed by atoms with Crippen molar-refractivity contribution in [3.63, 3.8) is 0 Å². The molecule has 0 saturated heterocycles. The van der Waals surface area contributed by atoms with E-state index in [-0.39, 0.29) is 28.7 Å². The quantitative estimate of drug-likeness (QED) is 0.271. The summed E-state index contributed by atoms with van der Waals surface area (Å²) in [5.74, 6) is 0.682. The van der Waals surface area contributed by atoms with Crippen LogP contribution >= 0.6 is 11.6 Å². The molecule has 2 aliphatic carbocycles. The fourth-order valence-electron chi connectivity index (χ4n) is 5.89. The first-order valence-electron chi connectivity index (χ1n) is 13.9. The van der Waals surface area contributed by atoms with Crippen molar-refractivity contribution in [2.75, 3.05) is 4.90 Å². The van der Waals surface area contributed by atoms with Crippen LogP contribution in [0.15, 0.2) is 84.0 Å². The van der Waals surface area contributed by atoms with Gasteiger partial charge in [0.1, 0.15) is 5.82 Å². The molecule has 4 aromatic rings. The molecule has 3 atom stereocenters. The Morgan fingerprint density at radius 1 is 1.10 bits per heavy atom. The van der Waals surface area contributed by atoms with Crippen LogP contribution in [0.5, 0.6) is 0 Å². The molecule has 6 rings (SSSR count). The number of aryl methyl sites for hydroxylation is 3. The number of carbonyl (C=O) groups excluding carboxylic acids is 1. The van der Waals surface area contributed by atoms with E-state index < -0.39 is 10.0 Å². The average molecular weight is 589 g/mol. The minimum atomic E-state index is -3.72. The van der Waals surface area contributed by atoms with Gasteiger partial charge in [-0.25, -0.2) is 18.1 Å². The van der Waals surface area contributed by atoms with Crippen LogP contribution in [0.25, 0.3) is 0 Å². The van der Waals surface area contributed by atoms with E-state index in [0.717, 1.165) is 53.0 Å². The number of sulfonamides is 1. The Balaban J connectivity index is 1.32. The van der Waals surface area contributed by atoms with Crippen LogP contribution < -0.4 is 9.62 Å². The standard InChI is InChI=1S/C32H33ClN4O3S/c1-21-7-5-9-24(17-21)41(39,40)35-30-12-6-8-22-13-14-23(18-26(22)30)37(20-31-34-15-16-36(31)2)32(38)28-19-27(28)25-10-3-4-11-29(25)33/h3-5,7,9-11,13-18,27-28,30,35H,6,8,12,19-20H2,1-2H3/t27-,28+,30-/m1/s1. The van der Waals surface area contributed by atoms with E-state index in [1.165, 1.54) is 0 Å². The van der Waals surface area contributed by atoms with Crippen molar-refractivity contribution in [1.82, 2.24) is 14.3 Å². The highest BCUT2D eigenvalue weighted by atomic mass is 35.5.